The second kappa shape index (κ2) is 9.56. The largest absolute Gasteiger partial charge is 0.468 e. The van der Waals surface area contributed by atoms with E-state index in [-0.39, 0.29) is 11.9 Å². The predicted molar refractivity (Wildman–Crippen MR) is 139 cm³/mol. The van der Waals surface area contributed by atoms with Crippen LogP contribution in [-0.2, 0) is 16.0 Å². The summed E-state index contributed by atoms with van der Waals surface area (Å²) < 4.78 is 5.10. The predicted octanol–water partition coefficient (Wildman–Crippen LogP) is 5.17. The van der Waals surface area contributed by atoms with Crippen molar-refractivity contribution < 1.29 is 9.53 Å². The SMILES string of the molecule is C1=CNc2ccccc2C=C1.COC(=O)C1C=c2ccccc2=c2ccc3c(c21)CCCC=3C. The molecule has 1 heterocycles. The van der Waals surface area contributed by atoms with Crippen molar-refractivity contribution in [1.29, 1.82) is 0 Å². The summed E-state index contributed by atoms with van der Waals surface area (Å²) in [7, 11) is 1.48. The molecule has 0 radical (unpaired) electrons. The lowest BCUT2D eigenvalue weighted by Crippen LogP contribution is -2.27. The number of fused-ring (bicyclic) bond motifs is 5. The second-order valence-electron chi connectivity index (χ2n) is 8.89. The molecule has 1 atom stereocenters. The highest BCUT2D eigenvalue weighted by atomic mass is 16.5. The van der Waals surface area contributed by atoms with Crippen molar-refractivity contribution in [3.63, 3.8) is 0 Å². The van der Waals surface area contributed by atoms with Crippen LogP contribution in [0.2, 0.25) is 0 Å². The molecule has 34 heavy (non-hydrogen) atoms. The first-order valence-electron chi connectivity index (χ1n) is 11.9. The van der Waals surface area contributed by atoms with E-state index in [4.69, 9.17) is 4.74 Å². The molecule has 2 aliphatic carbocycles. The summed E-state index contributed by atoms with van der Waals surface area (Å²) in [6.07, 6.45) is 13.4. The normalized spacial score (nSPS) is 16.8. The van der Waals surface area contributed by atoms with Crippen LogP contribution in [0.1, 0.15) is 42.4 Å². The number of rotatable bonds is 1. The fraction of sp³-hybridized carbons (Fsp3) is 0.194. The number of anilines is 1. The van der Waals surface area contributed by atoms with Crippen LogP contribution in [0.4, 0.5) is 5.69 Å². The molecule has 1 aliphatic heterocycles. The van der Waals surface area contributed by atoms with Crippen LogP contribution >= 0.6 is 0 Å². The molecule has 1 N–H and O–H groups in total. The van der Waals surface area contributed by atoms with Crippen molar-refractivity contribution in [1.82, 2.24) is 0 Å². The average Bonchev–Trinajstić information content (AvgIpc) is 3.14. The Labute approximate surface area is 200 Å². The van der Waals surface area contributed by atoms with Gasteiger partial charge in [-0.2, -0.15) is 0 Å². The monoisotopic (exact) mass is 447 g/mol. The minimum atomic E-state index is -0.300. The van der Waals surface area contributed by atoms with Crippen molar-refractivity contribution in [2.75, 3.05) is 12.4 Å². The third kappa shape index (κ3) is 4.10. The van der Waals surface area contributed by atoms with Gasteiger partial charge in [-0.3, -0.25) is 4.79 Å². The fourth-order valence-electron chi connectivity index (χ4n) is 5.18. The zero-order chi connectivity index (χ0) is 23.5. The lowest BCUT2D eigenvalue weighted by Gasteiger charge is -2.23. The number of allylic oxidation sites excluding steroid dienone is 2. The zero-order valence-corrected chi connectivity index (χ0v) is 19.7. The smallest absolute Gasteiger partial charge is 0.317 e. The number of esters is 1. The molecule has 0 saturated carbocycles. The molecular formula is C31H29NO2. The van der Waals surface area contributed by atoms with Crippen LogP contribution < -0.4 is 15.8 Å². The van der Waals surface area contributed by atoms with Crippen LogP contribution in [0.3, 0.4) is 0 Å². The van der Waals surface area contributed by atoms with Gasteiger partial charge in [0.25, 0.3) is 0 Å². The van der Waals surface area contributed by atoms with Crippen molar-refractivity contribution in [3.05, 3.63) is 117 Å². The minimum Gasteiger partial charge on any atom is -0.468 e. The minimum absolute atomic E-state index is 0.169. The molecule has 0 fully saturated rings. The number of benzene rings is 3. The Morgan fingerprint density at radius 2 is 1.71 bits per heavy atom. The molecule has 0 bridgehead atoms. The number of methoxy groups -OCH3 is 1. The van der Waals surface area contributed by atoms with Crippen LogP contribution in [0.5, 0.6) is 0 Å². The maximum absolute atomic E-state index is 12.4. The van der Waals surface area contributed by atoms with Gasteiger partial charge in [-0.05, 0) is 75.9 Å². The number of nitrogens with one attached hydrogen (secondary N) is 1. The van der Waals surface area contributed by atoms with E-state index >= 15 is 0 Å². The van der Waals surface area contributed by atoms with Gasteiger partial charge in [-0.25, -0.2) is 0 Å². The number of hydrogen-bond acceptors (Lipinski definition) is 3. The van der Waals surface area contributed by atoms with Gasteiger partial charge in [0.1, 0.15) is 5.92 Å². The highest BCUT2D eigenvalue weighted by Gasteiger charge is 2.26. The lowest BCUT2D eigenvalue weighted by atomic mass is 9.81. The maximum atomic E-state index is 12.4. The summed E-state index contributed by atoms with van der Waals surface area (Å²) >= 11 is 0. The molecule has 0 amide bonds. The third-order valence-corrected chi connectivity index (χ3v) is 6.84. The van der Waals surface area contributed by atoms with Crippen molar-refractivity contribution in [3.8, 4) is 0 Å². The van der Waals surface area contributed by atoms with Gasteiger partial charge in [0.2, 0.25) is 0 Å². The molecular weight excluding hydrogens is 418 g/mol. The zero-order valence-electron chi connectivity index (χ0n) is 19.7. The van der Waals surface area contributed by atoms with Crippen LogP contribution in [-0.4, -0.2) is 13.1 Å². The van der Waals surface area contributed by atoms with E-state index in [1.807, 2.05) is 36.6 Å². The number of carbonyl (C=O) groups is 1. The highest BCUT2D eigenvalue weighted by Crippen LogP contribution is 2.29. The quantitative estimate of drug-likeness (QED) is 0.523. The second-order valence-corrected chi connectivity index (χ2v) is 8.89. The van der Waals surface area contributed by atoms with Crippen LogP contribution in [0.25, 0.3) is 17.7 Å². The molecule has 1 unspecified atom stereocenters. The molecule has 0 spiro atoms. The third-order valence-electron chi connectivity index (χ3n) is 6.84. The Kier molecular flexibility index (Phi) is 6.18. The molecule has 0 aromatic heterocycles. The molecule has 170 valence electrons. The van der Waals surface area contributed by atoms with Crippen molar-refractivity contribution in [2.45, 2.75) is 32.1 Å². The molecule has 0 saturated heterocycles. The van der Waals surface area contributed by atoms with Crippen molar-refractivity contribution >= 4 is 29.4 Å². The highest BCUT2D eigenvalue weighted by molar-refractivity contribution is 5.86. The molecule has 3 aliphatic rings. The Morgan fingerprint density at radius 3 is 2.59 bits per heavy atom. The first-order chi connectivity index (χ1) is 16.7. The number of carbonyl (C=O) groups excluding carboxylic acids is 1. The summed E-state index contributed by atoms with van der Waals surface area (Å²) in [5, 5.41) is 8.03. The Balaban J connectivity index is 0.000000183. The standard InChI is InChI=1S/C21H20O2.C10H9N/c1-13-6-5-9-17-15(13)10-11-18-16-8-4-3-7-14(16)12-19(20(17)18)21(22)23-2;1-2-7-10-9(5-1)6-3-4-8-11-10/h3-4,7-8,10-12,19H,5-6,9H2,1-2H3;1-8,11H. The number of hydrogen-bond donors (Lipinski definition) is 1. The first kappa shape index (κ1) is 22.0. The molecule has 3 aromatic rings. The molecule has 3 aromatic carbocycles. The van der Waals surface area contributed by atoms with Crippen molar-refractivity contribution in [2.24, 2.45) is 0 Å². The van der Waals surface area contributed by atoms with Gasteiger partial charge in [-0.1, -0.05) is 78.4 Å². The van der Waals surface area contributed by atoms with Crippen LogP contribution in [0.15, 0.2) is 79.0 Å². The molecule has 3 heteroatoms. The van der Waals surface area contributed by atoms with Gasteiger partial charge in [0, 0.05) is 11.9 Å². The average molecular weight is 448 g/mol. The fourth-order valence-corrected chi connectivity index (χ4v) is 5.18. The van der Waals surface area contributed by atoms with Gasteiger partial charge < -0.3 is 10.1 Å². The molecule has 6 rings (SSSR count). The number of para-hydroxylation sites is 1. The van der Waals surface area contributed by atoms with Crippen LogP contribution in [0, 0.1) is 10.4 Å². The van der Waals surface area contributed by atoms with E-state index < -0.39 is 0 Å². The van der Waals surface area contributed by atoms with E-state index in [9.17, 15) is 4.79 Å². The first-order valence-corrected chi connectivity index (χ1v) is 11.9. The van der Waals surface area contributed by atoms with E-state index in [0.29, 0.717) is 0 Å². The summed E-state index contributed by atoms with van der Waals surface area (Å²) in [5.74, 6) is -0.469. The number of ether oxygens (including phenoxy) is 1. The summed E-state index contributed by atoms with van der Waals surface area (Å²) in [6.45, 7) is 2.21. The summed E-state index contributed by atoms with van der Waals surface area (Å²) in [6, 6.07) is 20.9. The summed E-state index contributed by atoms with van der Waals surface area (Å²) in [4.78, 5) is 12.4. The van der Waals surface area contributed by atoms with E-state index in [2.05, 4.69) is 66.9 Å². The van der Waals surface area contributed by atoms with E-state index in [1.54, 1.807) is 0 Å². The molecule has 3 nitrogen and oxygen atoms in total. The topological polar surface area (TPSA) is 38.3 Å². The van der Waals surface area contributed by atoms with Gasteiger partial charge in [0.05, 0.1) is 7.11 Å². The Hall–Kier alpha value is -3.85. The lowest BCUT2D eigenvalue weighted by molar-refractivity contribution is -0.140. The van der Waals surface area contributed by atoms with Gasteiger partial charge >= 0.3 is 5.97 Å². The Bertz CT molecular complexity index is 1530. The van der Waals surface area contributed by atoms with E-state index in [0.717, 1.165) is 35.7 Å². The van der Waals surface area contributed by atoms with Gasteiger partial charge in [-0.15, -0.1) is 0 Å². The van der Waals surface area contributed by atoms with Gasteiger partial charge in [0.15, 0.2) is 0 Å². The summed E-state index contributed by atoms with van der Waals surface area (Å²) in [5.41, 5.74) is 6.33. The Morgan fingerprint density at radius 1 is 0.912 bits per heavy atom. The van der Waals surface area contributed by atoms with E-state index in [1.165, 1.54) is 39.5 Å². The maximum Gasteiger partial charge on any atom is 0.317 e.